The smallest absolute Gasteiger partial charge is 0.251 e. The van der Waals surface area contributed by atoms with Crippen LogP contribution in [-0.4, -0.2) is 38.3 Å². The number of rotatable bonds is 6. The number of sulfonamides is 1. The zero-order valence-electron chi connectivity index (χ0n) is 14.6. The molecule has 5 nitrogen and oxygen atoms in total. The van der Waals surface area contributed by atoms with E-state index in [4.69, 9.17) is 11.6 Å². The summed E-state index contributed by atoms with van der Waals surface area (Å²) in [6.45, 7) is 1.28. The zero-order chi connectivity index (χ0) is 19.4. The maximum atomic E-state index is 12.9. The van der Waals surface area contributed by atoms with Crippen molar-refractivity contribution >= 4 is 27.5 Å². The first-order valence-electron chi connectivity index (χ1n) is 8.70. The number of hydrogen-bond acceptors (Lipinski definition) is 3. The molecule has 0 unspecified atom stereocenters. The lowest BCUT2D eigenvalue weighted by molar-refractivity contribution is 0.0954. The van der Waals surface area contributed by atoms with E-state index in [0.29, 0.717) is 26.1 Å². The predicted octanol–water partition coefficient (Wildman–Crippen LogP) is 3.24. The first kappa shape index (κ1) is 19.8. The molecule has 1 fully saturated rings. The largest absolute Gasteiger partial charge is 0.352 e. The first-order chi connectivity index (χ1) is 12.9. The quantitative estimate of drug-likeness (QED) is 0.795. The van der Waals surface area contributed by atoms with Crippen molar-refractivity contribution in [1.29, 1.82) is 0 Å². The Morgan fingerprint density at radius 3 is 2.44 bits per heavy atom. The molecule has 1 aliphatic heterocycles. The summed E-state index contributed by atoms with van der Waals surface area (Å²) in [5.41, 5.74) is 1.13. The van der Waals surface area contributed by atoms with Crippen molar-refractivity contribution in [2.75, 3.05) is 19.6 Å². The van der Waals surface area contributed by atoms with Gasteiger partial charge in [0.1, 0.15) is 10.7 Å². The highest BCUT2D eigenvalue weighted by Gasteiger charge is 2.29. The summed E-state index contributed by atoms with van der Waals surface area (Å²) < 4.78 is 39.8. The highest BCUT2D eigenvalue weighted by atomic mass is 35.5. The number of carbonyl (C=O) groups excluding carboxylic acids is 1. The zero-order valence-corrected chi connectivity index (χ0v) is 16.2. The van der Waals surface area contributed by atoms with Gasteiger partial charge in [0, 0.05) is 25.2 Å². The molecule has 1 aliphatic rings. The fourth-order valence-electron chi connectivity index (χ4n) is 2.98. The van der Waals surface area contributed by atoms with E-state index in [-0.39, 0.29) is 27.2 Å². The summed E-state index contributed by atoms with van der Waals surface area (Å²) in [5, 5.41) is 2.85. The normalized spacial score (nSPS) is 15.0. The van der Waals surface area contributed by atoms with E-state index in [9.17, 15) is 17.6 Å². The highest BCUT2D eigenvalue weighted by Crippen LogP contribution is 2.28. The number of carbonyl (C=O) groups is 1. The summed E-state index contributed by atoms with van der Waals surface area (Å²) >= 11 is 6.09. The standard InChI is InChI=1S/C19H20ClFN2O3S/c20-17-8-5-15(13-18(17)27(25,26)23-11-1-2-12-23)19(24)22-10-9-14-3-6-16(21)7-4-14/h3-8,13H,1-2,9-12H2,(H,22,24). The maximum Gasteiger partial charge on any atom is 0.251 e. The lowest BCUT2D eigenvalue weighted by Gasteiger charge is -2.17. The van der Waals surface area contributed by atoms with Crippen molar-refractivity contribution in [2.24, 2.45) is 0 Å². The van der Waals surface area contributed by atoms with Gasteiger partial charge < -0.3 is 5.32 Å². The molecule has 27 heavy (non-hydrogen) atoms. The van der Waals surface area contributed by atoms with E-state index in [0.717, 1.165) is 18.4 Å². The minimum Gasteiger partial charge on any atom is -0.352 e. The first-order valence-corrected chi connectivity index (χ1v) is 10.5. The molecule has 2 aromatic carbocycles. The molecule has 1 heterocycles. The molecule has 8 heteroatoms. The number of halogens is 2. The van der Waals surface area contributed by atoms with Gasteiger partial charge in [0.2, 0.25) is 10.0 Å². The third-order valence-corrected chi connectivity index (χ3v) is 6.87. The predicted molar refractivity (Wildman–Crippen MR) is 102 cm³/mol. The van der Waals surface area contributed by atoms with Crippen molar-refractivity contribution in [2.45, 2.75) is 24.2 Å². The molecule has 1 N–H and O–H groups in total. The molecular formula is C19H20ClFN2O3S. The molecule has 0 bridgehead atoms. The van der Waals surface area contributed by atoms with Crippen LogP contribution in [0.3, 0.4) is 0 Å². The Kier molecular flexibility index (Phi) is 6.14. The van der Waals surface area contributed by atoms with E-state index in [1.807, 2.05) is 0 Å². The summed E-state index contributed by atoms with van der Waals surface area (Å²) in [6.07, 6.45) is 2.18. The Balaban J connectivity index is 1.69. The van der Waals surface area contributed by atoms with Crippen LogP contribution in [0.2, 0.25) is 5.02 Å². The van der Waals surface area contributed by atoms with E-state index in [2.05, 4.69) is 5.32 Å². The van der Waals surface area contributed by atoms with E-state index in [1.165, 1.54) is 34.6 Å². The second-order valence-electron chi connectivity index (χ2n) is 6.39. The minimum atomic E-state index is -3.71. The number of hydrogen-bond donors (Lipinski definition) is 1. The third-order valence-electron chi connectivity index (χ3n) is 4.49. The molecule has 0 spiro atoms. The summed E-state index contributed by atoms with van der Waals surface area (Å²) in [4.78, 5) is 12.3. The highest BCUT2D eigenvalue weighted by molar-refractivity contribution is 7.89. The van der Waals surface area contributed by atoms with E-state index >= 15 is 0 Å². The SMILES string of the molecule is O=C(NCCc1ccc(F)cc1)c1ccc(Cl)c(S(=O)(=O)N2CCCC2)c1. The lowest BCUT2D eigenvalue weighted by atomic mass is 10.1. The molecule has 1 saturated heterocycles. The van der Waals surface area contributed by atoms with Gasteiger partial charge in [0.15, 0.2) is 0 Å². The van der Waals surface area contributed by atoms with Gasteiger partial charge in [-0.3, -0.25) is 4.79 Å². The molecule has 144 valence electrons. The lowest BCUT2D eigenvalue weighted by Crippen LogP contribution is -2.29. The van der Waals surface area contributed by atoms with Crippen LogP contribution < -0.4 is 5.32 Å². The molecule has 0 radical (unpaired) electrons. The molecule has 0 saturated carbocycles. The van der Waals surface area contributed by atoms with Crippen molar-refractivity contribution < 1.29 is 17.6 Å². The minimum absolute atomic E-state index is 0.0442. The van der Waals surface area contributed by atoms with Gasteiger partial charge >= 0.3 is 0 Å². The van der Waals surface area contributed by atoms with E-state index in [1.54, 1.807) is 12.1 Å². The molecule has 2 aromatic rings. The van der Waals surface area contributed by atoms with Gasteiger partial charge in [-0.1, -0.05) is 23.7 Å². The Morgan fingerprint density at radius 1 is 1.11 bits per heavy atom. The number of nitrogens with one attached hydrogen (secondary N) is 1. The maximum absolute atomic E-state index is 12.9. The average Bonchev–Trinajstić information content (AvgIpc) is 3.19. The molecule has 1 amide bonds. The van der Waals surface area contributed by atoms with Crippen LogP contribution in [-0.2, 0) is 16.4 Å². The van der Waals surface area contributed by atoms with Crippen LogP contribution in [0.4, 0.5) is 4.39 Å². The van der Waals surface area contributed by atoms with Crippen molar-refractivity contribution in [3.05, 3.63) is 64.4 Å². The number of amides is 1. The topological polar surface area (TPSA) is 66.5 Å². The molecule has 3 rings (SSSR count). The molecule has 0 aliphatic carbocycles. The van der Waals surface area contributed by atoms with Crippen LogP contribution in [0.25, 0.3) is 0 Å². The van der Waals surface area contributed by atoms with Crippen LogP contribution >= 0.6 is 11.6 Å². The van der Waals surface area contributed by atoms with Crippen molar-refractivity contribution in [1.82, 2.24) is 9.62 Å². The summed E-state index contributed by atoms with van der Waals surface area (Å²) in [6, 6.07) is 10.3. The van der Waals surface area contributed by atoms with E-state index < -0.39 is 10.0 Å². The van der Waals surface area contributed by atoms with Crippen molar-refractivity contribution in [3.8, 4) is 0 Å². The van der Waals surface area contributed by atoms with Gasteiger partial charge in [0.05, 0.1) is 5.02 Å². The average molecular weight is 411 g/mol. The third kappa shape index (κ3) is 4.66. The van der Waals surface area contributed by atoms with Gasteiger partial charge in [0.25, 0.3) is 5.91 Å². The summed E-state index contributed by atoms with van der Waals surface area (Å²) in [5.74, 6) is -0.692. The van der Waals surface area contributed by atoms with Crippen LogP contribution in [0, 0.1) is 5.82 Å². The van der Waals surface area contributed by atoms with Gasteiger partial charge in [-0.15, -0.1) is 0 Å². The fourth-order valence-corrected chi connectivity index (χ4v) is 5.00. The van der Waals surface area contributed by atoms with Gasteiger partial charge in [-0.05, 0) is 55.2 Å². The number of benzene rings is 2. The Bertz CT molecular complexity index is 926. The molecule has 0 aromatic heterocycles. The van der Waals surface area contributed by atoms with Crippen molar-refractivity contribution in [3.63, 3.8) is 0 Å². The van der Waals surface area contributed by atoms with Gasteiger partial charge in [-0.25, -0.2) is 12.8 Å². The fraction of sp³-hybridized carbons (Fsp3) is 0.316. The molecule has 0 atom stereocenters. The summed E-state index contributed by atoms with van der Waals surface area (Å²) in [7, 11) is -3.71. The number of nitrogens with zero attached hydrogens (tertiary/aromatic N) is 1. The Morgan fingerprint density at radius 2 is 1.78 bits per heavy atom. The Labute approximate surface area is 163 Å². The second-order valence-corrected chi connectivity index (χ2v) is 8.70. The second kappa shape index (κ2) is 8.37. The van der Waals surface area contributed by atoms with Crippen LogP contribution in [0.1, 0.15) is 28.8 Å². The molecular weight excluding hydrogens is 391 g/mol. The van der Waals surface area contributed by atoms with Crippen LogP contribution in [0.15, 0.2) is 47.4 Å². The Hall–Kier alpha value is -1.96. The monoisotopic (exact) mass is 410 g/mol. The van der Waals surface area contributed by atoms with Gasteiger partial charge in [-0.2, -0.15) is 4.31 Å². The van der Waals surface area contributed by atoms with Crippen LogP contribution in [0.5, 0.6) is 0 Å².